The fourth-order valence-electron chi connectivity index (χ4n) is 2.97. The van der Waals surface area contributed by atoms with Crippen LogP contribution in [-0.2, 0) is 6.42 Å². The molecule has 1 atom stereocenters. The highest BCUT2D eigenvalue weighted by Gasteiger charge is 2.21. The minimum absolute atomic E-state index is 0. The molecule has 1 saturated heterocycles. The van der Waals surface area contributed by atoms with Gasteiger partial charge in [0.15, 0.2) is 5.96 Å². The number of anilines is 1. The van der Waals surface area contributed by atoms with Gasteiger partial charge in [0.2, 0.25) is 0 Å². The Morgan fingerprint density at radius 3 is 2.67 bits per heavy atom. The molecular weight excluding hydrogens is 453 g/mol. The van der Waals surface area contributed by atoms with Crippen molar-refractivity contribution in [1.29, 1.82) is 0 Å². The molecule has 1 N–H and O–H groups in total. The largest absolute Gasteiger partial charge is 0.469 e. The molecule has 0 spiro atoms. The predicted octanol–water partition coefficient (Wildman–Crippen LogP) is 3.40. The van der Waals surface area contributed by atoms with Gasteiger partial charge in [0.05, 0.1) is 6.26 Å². The standard InChI is InChI=1S/C20H29N5O.HI/c1-3-17(2)23-20(22-11-9-18-7-6-16-26-18)25-14-12-24(13-15-25)19-8-4-5-10-21-19;/h4-8,10,16-17H,3,9,11-15H2,1-2H3,(H,22,23);1H. The van der Waals surface area contributed by atoms with Gasteiger partial charge in [0.25, 0.3) is 0 Å². The molecule has 0 amide bonds. The number of nitrogens with zero attached hydrogens (tertiary/aromatic N) is 4. The fraction of sp³-hybridized carbons (Fsp3) is 0.500. The Bertz CT molecular complexity index is 669. The number of hydrogen-bond acceptors (Lipinski definition) is 4. The molecule has 0 radical (unpaired) electrons. The number of pyridine rings is 1. The number of furan rings is 1. The molecule has 7 heteroatoms. The van der Waals surface area contributed by atoms with E-state index in [0.29, 0.717) is 6.04 Å². The molecule has 0 saturated carbocycles. The van der Waals surface area contributed by atoms with Crippen LogP contribution >= 0.6 is 24.0 Å². The summed E-state index contributed by atoms with van der Waals surface area (Å²) in [4.78, 5) is 14.0. The molecule has 2 aromatic rings. The summed E-state index contributed by atoms with van der Waals surface area (Å²) in [7, 11) is 0. The van der Waals surface area contributed by atoms with Crippen molar-refractivity contribution in [2.75, 3.05) is 37.6 Å². The van der Waals surface area contributed by atoms with Gasteiger partial charge in [0.1, 0.15) is 11.6 Å². The maximum atomic E-state index is 5.41. The van der Waals surface area contributed by atoms with Gasteiger partial charge >= 0.3 is 0 Å². The monoisotopic (exact) mass is 483 g/mol. The van der Waals surface area contributed by atoms with E-state index >= 15 is 0 Å². The summed E-state index contributed by atoms with van der Waals surface area (Å²) in [5, 5.41) is 3.58. The van der Waals surface area contributed by atoms with Gasteiger partial charge in [-0.05, 0) is 37.6 Å². The Morgan fingerprint density at radius 2 is 2.04 bits per heavy atom. The fourth-order valence-corrected chi connectivity index (χ4v) is 2.97. The SMILES string of the molecule is CCC(C)NC(=NCCc1ccco1)N1CCN(c2ccccn2)CC1.I. The van der Waals surface area contributed by atoms with Crippen LogP contribution in [0.15, 0.2) is 52.2 Å². The number of aromatic nitrogens is 1. The predicted molar refractivity (Wildman–Crippen MR) is 121 cm³/mol. The highest BCUT2D eigenvalue weighted by molar-refractivity contribution is 14.0. The molecule has 2 aromatic heterocycles. The normalized spacial score (nSPS) is 16.0. The average molecular weight is 483 g/mol. The lowest BCUT2D eigenvalue weighted by Crippen LogP contribution is -2.54. The van der Waals surface area contributed by atoms with E-state index in [4.69, 9.17) is 9.41 Å². The van der Waals surface area contributed by atoms with Crippen molar-refractivity contribution in [3.63, 3.8) is 0 Å². The molecule has 1 fully saturated rings. The molecule has 0 bridgehead atoms. The summed E-state index contributed by atoms with van der Waals surface area (Å²) in [5.41, 5.74) is 0. The van der Waals surface area contributed by atoms with Gasteiger partial charge in [-0.15, -0.1) is 24.0 Å². The second-order valence-corrected chi connectivity index (χ2v) is 6.65. The lowest BCUT2D eigenvalue weighted by atomic mass is 10.2. The summed E-state index contributed by atoms with van der Waals surface area (Å²) in [5.74, 6) is 3.04. The Kier molecular flexibility index (Phi) is 8.90. The maximum Gasteiger partial charge on any atom is 0.194 e. The molecular formula is C20H30IN5O. The Hall–Kier alpha value is -1.77. The van der Waals surface area contributed by atoms with Crippen LogP contribution in [0.5, 0.6) is 0 Å². The van der Waals surface area contributed by atoms with Gasteiger partial charge in [-0.1, -0.05) is 13.0 Å². The van der Waals surface area contributed by atoms with E-state index in [2.05, 4.69) is 40.0 Å². The smallest absolute Gasteiger partial charge is 0.194 e. The van der Waals surface area contributed by atoms with Gasteiger partial charge in [-0.25, -0.2) is 4.98 Å². The molecule has 0 aliphatic carbocycles. The summed E-state index contributed by atoms with van der Waals surface area (Å²) in [6, 6.07) is 10.4. The average Bonchev–Trinajstić information content (AvgIpc) is 3.21. The Balaban J connectivity index is 0.00000261. The number of halogens is 1. The number of aliphatic imine (C=N–C) groups is 1. The molecule has 1 aliphatic rings. The van der Waals surface area contributed by atoms with E-state index in [-0.39, 0.29) is 24.0 Å². The lowest BCUT2D eigenvalue weighted by Gasteiger charge is -2.37. The summed E-state index contributed by atoms with van der Waals surface area (Å²) >= 11 is 0. The Morgan fingerprint density at radius 1 is 1.22 bits per heavy atom. The third-order valence-corrected chi connectivity index (χ3v) is 4.74. The summed E-state index contributed by atoms with van der Waals surface area (Å²) < 4.78 is 5.41. The first-order valence-electron chi connectivity index (χ1n) is 9.50. The number of piperazine rings is 1. The molecule has 3 heterocycles. The zero-order chi connectivity index (χ0) is 18.2. The van der Waals surface area contributed by atoms with Crippen LogP contribution in [0.1, 0.15) is 26.0 Å². The molecule has 27 heavy (non-hydrogen) atoms. The maximum absolute atomic E-state index is 5.41. The summed E-state index contributed by atoms with van der Waals surface area (Å²) in [6.45, 7) is 8.92. The third kappa shape index (κ3) is 6.41. The van der Waals surface area contributed by atoms with Crippen LogP contribution in [0.4, 0.5) is 5.82 Å². The van der Waals surface area contributed by atoms with E-state index < -0.39 is 0 Å². The van der Waals surface area contributed by atoms with Crippen molar-refractivity contribution in [1.82, 2.24) is 15.2 Å². The van der Waals surface area contributed by atoms with Crippen molar-refractivity contribution in [2.45, 2.75) is 32.7 Å². The topological polar surface area (TPSA) is 56.9 Å². The first kappa shape index (κ1) is 21.5. The van der Waals surface area contributed by atoms with Crippen molar-refractivity contribution >= 4 is 35.8 Å². The van der Waals surface area contributed by atoms with Gasteiger partial charge in [-0.2, -0.15) is 0 Å². The van der Waals surface area contributed by atoms with Crippen LogP contribution in [0, 0.1) is 0 Å². The van der Waals surface area contributed by atoms with Gasteiger partial charge < -0.3 is 19.5 Å². The van der Waals surface area contributed by atoms with Crippen molar-refractivity contribution < 1.29 is 4.42 Å². The molecule has 1 unspecified atom stereocenters. The third-order valence-electron chi connectivity index (χ3n) is 4.74. The highest BCUT2D eigenvalue weighted by Crippen LogP contribution is 2.13. The van der Waals surface area contributed by atoms with Gasteiger partial charge in [-0.3, -0.25) is 4.99 Å². The van der Waals surface area contributed by atoms with E-state index in [0.717, 1.165) is 63.1 Å². The van der Waals surface area contributed by atoms with E-state index in [1.807, 2.05) is 30.5 Å². The highest BCUT2D eigenvalue weighted by atomic mass is 127. The quantitative estimate of drug-likeness (QED) is 0.388. The second-order valence-electron chi connectivity index (χ2n) is 6.65. The van der Waals surface area contributed by atoms with Crippen molar-refractivity contribution in [2.24, 2.45) is 4.99 Å². The van der Waals surface area contributed by atoms with Crippen LogP contribution in [0.3, 0.4) is 0 Å². The van der Waals surface area contributed by atoms with Crippen LogP contribution in [0.2, 0.25) is 0 Å². The molecule has 148 valence electrons. The van der Waals surface area contributed by atoms with E-state index in [1.165, 1.54) is 0 Å². The number of hydrogen-bond donors (Lipinski definition) is 1. The van der Waals surface area contributed by atoms with Crippen LogP contribution < -0.4 is 10.2 Å². The van der Waals surface area contributed by atoms with Gasteiger partial charge in [0, 0.05) is 51.4 Å². The van der Waals surface area contributed by atoms with Crippen LogP contribution in [0.25, 0.3) is 0 Å². The molecule has 0 aromatic carbocycles. The van der Waals surface area contributed by atoms with Crippen molar-refractivity contribution in [3.05, 3.63) is 48.6 Å². The van der Waals surface area contributed by atoms with Crippen LogP contribution in [-0.4, -0.2) is 54.6 Å². The first-order valence-corrected chi connectivity index (χ1v) is 9.50. The Labute approximate surface area is 179 Å². The minimum Gasteiger partial charge on any atom is -0.469 e. The number of nitrogens with one attached hydrogen (secondary N) is 1. The molecule has 6 nitrogen and oxygen atoms in total. The summed E-state index contributed by atoms with van der Waals surface area (Å²) in [6.07, 6.45) is 5.47. The molecule has 3 rings (SSSR count). The zero-order valence-corrected chi connectivity index (χ0v) is 18.5. The number of guanidine groups is 1. The minimum atomic E-state index is 0. The first-order chi connectivity index (χ1) is 12.8. The lowest BCUT2D eigenvalue weighted by molar-refractivity contribution is 0.365. The zero-order valence-electron chi connectivity index (χ0n) is 16.2. The number of rotatable bonds is 6. The van der Waals surface area contributed by atoms with Crippen molar-refractivity contribution in [3.8, 4) is 0 Å². The second kappa shape index (κ2) is 11.2. The molecule has 1 aliphatic heterocycles. The van der Waals surface area contributed by atoms with E-state index in [9.17, 15) is 0 Å². The van der Waals surface area contributed by atoms with E-state index in [1.54, 1.807) is 6.26 Å².